The van der Waals surface area contributed by atoms with Gasteiger partial charge in [0.2, 0.25) is 0 Å². The summed E-state index contributed by atoms with van der Waals surface area (Å²) in [5.41, 5.74) is 2.46. The lowest BCUT2D eigenvalue weighted by Gasteiger charge is -2.01. The standard InChI is InChI=1S/C14H10F2N2/c1-8-7-9(15)5-6-10(8)14-17-12-4-2-3-11(16)13(12)18-14/h2-7H,1H3,(H,17,18). The van der Waals surface area contributed by atoms with E-state index in [1.54, 1.807) is 25.1 Å². The van der Waals surface area contributed by atoms with E-state index in [0.29, 0.717) is 16.9 Å². The van der Waals surface area contributed by atoms with Crippen LogP contribution in [0.5, 0.6) is 0 Å². The predicted molar refractivity (Wildman–Crippen MR) is 66.2 cm³/mol. The minimum Gasteiger partial charge on any atom is -0.338 e. The Labute approximate surface area is 102 Å². The number of benzene rings is 2. The van der Waals surface area contributed by atoms with Gasteiger partial charge in [-0.2, -0.15) is 0 Å². The van der Waals surface area contributed by atoms with Crippen molar-refractivity contribution >= 4 is 11.0 Å². The summed E-state index contributed by atoms with van der Waals surface area (Å²) in [4.78, 5) is 7.26. The van der Waals surface area contributed by atoms with Crippen molar-refractivity contribution in [1.29, 1.82) is 0 Å². The molecule has 0 aliphatic heterocycles. The molecule has 1 N–H and O–H groups in total. The van der Waals surface area contributed by atoms with E-state index >= 15 is 0 Å². The Hall–Kier alpha value is -2.23. The first-order valence-corrected chi connectivity index (χ1v) is 5.56. The van der Waals surface area contributed by atoms with Crippen molar-refractivity contribution in [1.82, 2.24) is 9.97 Å². The summed E-state index contributed by atoms with van der Waals surface area (Å²) in [6.07, 6.45) is 0. The minimum atomic E-state index is -0.366. The molecule has 0 saturated heterocycles. The van der Waals surface area contributed by atoms with Gasteiger partial charge in [0.15, 0.2) is 5.82 Å². The van der Waals surface area contributed by atoms with Crippen molar-refractivity contribution in [2.45, 2.75) is 6.92 Å². The highest BCUT2D eigenvalue weighted by atomic mass is 19.1. The summed E-state index contributed by atoms with van der Waals surface area (Å²) in [5, 5.41) is 0. The van der Waals surface area contributed by atoms with Gasteiger partial charge in [0, 0.05) is 5.56 Å². The lowest BCUT2D eigenvalue weighted by atomic mass is 10.1. The Balaban J connectivity index is 2.23. The summed E-state index contributed by atoms with van der Waals surface area (Å²) in [7, 11) is 0. The number of halogens is 2. The number of nitrogens with one attached hydrogen (secondary N) is 1. The molecular weight excluding hydrogens is 234 g/mol. The zero-order chi connectivity index (χ0) is 12.7. The summed E-state index contributed by atoms with van der Waals surface area (Å²) in [6, 6.07) is 9.18. The van der Waals surface area contributed by atoms with Crippen molar-refractivity contribution in [2.75, 3.05) is 0 Å². The largest absolute Gasteiger partial charge is 0.338 e. The molecule has 0 aliphatic carbocycles. The second-order valence-electron chi connectivity index (χ2n) is 4.18. The molecule has 90 valence electrons. The molecule has 0 spiro atoms. The Bertz CT molecular complexity index is 732. The van der Waals surface area contributed by atoms with Crippen molar-refractivity contribution in [3.8, 4) is 11.4 Å². The third-order valence-electron chi connectivity index (χ3n) is 2.91. The lowest BCUT2D eigenvalue weighted by molar-refractivity contribution is 0.627. The number of imidazole rings is 1. The van der Waals surface area contributed by atoms with Crippen LogP contribution in [0.1, 0.15) is 5.56 Å². The molecule has 0 bridgehead atoms. The molecule has 0 atom stereocenters. The third-order valence-corrected chi connectivity index (χ3v) is 2.91. The van der Waals surface area contributed by atoms with Gasteiger partial charge in [-0.05, 0) is 42.8 Å². The number of aromatic nitrogens is 2. The number of nitrogens with zero attached hydrogens (tertiary/aromatic N) is 1. The fraction of sp³-hybridized carbons (Fsp3) is 0.0714. The van der Waals surface area contributed by atoms with Crippen molar-refractivity contribution in [3.05, 3.63) is 53.6 Å². The number of H-pyrrole nitrogens is 1. The van der Waals surface area contributed by atoms with Crippen LogP contribution in [0.25, 0.3) is 22.4 Å². The third kappa shape index (κ3) is 1.66. The quantitative estimate of drug-likeness (QED) is 0.692. The first-order valence-electron chi connectivity index (χ1n) is 5.56. The molecule has 3 rings (SSSR count). The normalized spacial score (nSPS) is 11.1. The fourth-order valence-electron chi connectivity index (χ4n) is 2.02. The molecule has 0 aliphatic rings. The molecule has 18 heavy (non-hydrogen) atoms. The van der Waals surface area contributed by atoms with Crippen LogP contribution in [0.2, 0.25) is 0 Å². The van der Waals surface area contributed by atoms with E-state index in [1.807, 2.05) is 0 Å². The average Bonchev–Trinajstić information content (AvgIpc) is 2.74. The molecular formula is C14H10F2N2. The smallest absolute Gasteiger partial charge is 0.151 e. The van der Waals surface area contributed by atoms with Gasteiger partial charge in [0.05, 0.1) is 5.52 Å². The van der Waals surface area contributed by atoms with Crippen LogP contribution in [-0.2, 0) is 0 Å². The minimum absolute atomic E-state index is 0.293. The van der Waals surface area contributed by atoms with E-state index < -0.39 is 0 Å². The number of aryl methyl sites for hydroxylation is 1. The van der Waals surface area contributed by atoms with Crippen LogP contribution in [0.4, 0.5) is 8.78 Å². The van der Waals surface area contributed by atoms with Gasteiger partial charge >= 0.3 is 0 Å². The zero-order valence-corrected chi connectivity index (χ0v) is 9.67. The predicted octanol–water partition coefficient (Wildman–Crippen LogP) is 3.82. The van der Waals surface area contributed by atoms with Gasteiger partial charge in [-0.1, -0.05) is 6.07 Å². The average molecular weight is 244 g/mol. The maximum absolute atomic E-state index is 13.5. The van der Waals surface area contributed by atoms with E-state index in [-0.39, 0.29) is 11.6 Å². The molecule has 2 aromatic carbocycles. The Morgan fingerprint density at radius 3 is 2.67 bits per heavy atom. The van der Waals surface area contributed by atoms with Crippen molar-refractivity contribution in [2.24, 2.45) is 0 Å². The molecule has 3 aromatic rings. The highest BCUT2D eigenvalue weighted by molar-refractivity contribution is 5.80. The van der Waals surface area contributed by atoms with Crippen LogP contribution >= 0.6 is 0 Å². The first-order chi connectivity index (χ1) is 8.65. The number of aromatic amines is 1. The first kappa shape index (κ1) is 10.9. The molecule has 0 fully saturated rings. The Kier molecular flexibility index (Phi) is 2.37. The molecule has 0 radical (unpaired) electrons. The van der Waals surface area contributed by atoms with Gasteiger partial charge < -0.3 is 4.98 Å². The maximum Gasteiger partial charge on any atom is 0.151 e. The second-order valence-corrected chi connectivity index (χ2v) is 4.18. The van der Waals surface area contributed by atoms with Gasteiger partial charge in [-0.3, -0.25) is 0 Å². The maximum atomic E-state index is 13.5. The summed E-state index contributed by atoms with van der Waals surface area (Å²) < 4.78 is 26.6. The van der Waals surface area contributed by atoms with E-state index in [2.05, 4.69) is 9.97 Å². The Morgan fingerprint density at radius 1 is 1.11 bits per heavy atom. The molecule has 1 aromatic heterocycles. The molecule has 2 nitrogen and oxygen atoms in total. The molecule has 0 unspecified atom stereocenters. The number of rotatable bonds is 1. The molecule has 4 heteroatoms. The summed E-state index contributed by atoms with van der Waals surface area (Å²) in [6.45, 7) is 1.79. The van der Waals surface area contributed by atoms with Crippen LogP contribution < -0.4 is 0 Å². The topological polar surface area (TPSA) is 28.7 Å². The molecule has 0 amide bonds. The van der Waals surface area contributed by atoms with Crippen molar-refractivity contribution < 1.29 is 8.78 Å². The van der Waals surface area contributed by atoms with E-state index in [4.69, 9.17) is 0 Å². The van der Waals surface area contributed by atoms with Gasteiger partial charge in [0.1, 0.15) is 17.2 Å². The van der Waals surface area contributed by atoms with E-state index in [1.165, 1.54) is 18.2 Å². The SMILES string of the molecule is Cc1cc(F)ccc1-c1nc2c(F)cccc2[nH]1. The number of fused-ring (bicyclic) bond motifs is 1. The lowest BCUT2D eigenvalue weighted by Crippen LogP contribution is -1.86. The molecule has 1 heterocycles. The highest BCUT2D eigenvalue weighted by Crippen LogP contribution is 2.25. The van der Waals surface area contributed by atoms with Gasteiger partial charge in [-0.25, -0.2) is 13.8 Å². The summed E-state index contributed by atoms with van der Waals surface area (Å²) >= 11 is 0. The van der Waals surface area contributed by atoms with Crippen LogP contribution in [0.3, 0.4) is 0 Å². The number of hydrogen-bond donors (Lipinski definition) is 1. The number of para-hydroxylation sites is 1. The highest BCUT2D eigenvalue weighted by Gasteiger charge is 2.10. The van der Waals surface area contributed by atoms with Crippen LogP contribution in [0, 0.1) is 18.6 Å². The van der Waals surface area contributed by atoms with E-state index in [9.17, 15) is 8.78 Å². The zero-order valence-electron chi connectivity index (χ0n) is 9.67. The van der Waals surface area contributed by atoms with Gasteiger partial charge in [0.25, 0.3) is 0 Å². The molecule has 0 saturated carbocycles. The van der Waals surface area contributed by atoms with Crippen LogP contribution in [0.15, 0.2) is 36.4 Å². The Morgan fingerprint density at radius 2 is 1.94 bits per heavy atom. The van der Waals surface area contributed by atoms with Crippen molar-refractivity contribution in [3.63, 3.8) is 0 Å². The monoisotopic (exact) mass is 244 g/mol. The van der Waals surface area contributed by atoms with Crippen LogP contribution in [-0.4, -0.2) is 9.97 Å². The fourth-order valence-corrected chi connectivity index (χ4v) is 2.02. The van der Waals surface area contributed by atoms with Gasteiger partial charge in [-0.15, -0.1) is 0 Å². The number of hydrogen-bond acceptors (Lipinski definition) is 1. The summed E-state index contributed by atoms with van der Waals surface area (Å²) in [5.74, 6) is -0.110. The van der Waals surface area contributed by atoms with E-state index in [0.717, 1.165) is 11.1 Å². The second kappa shape index (κ2) is 3.91.